The normalized spacial score (nSPS) is 11.9. The molecule has 12 rings (SSSR count). The van der Waals surface area contributed by atoms with Crippen LogP contribution in [0.1, 0.15) is 0 Å². The average molecular weight is 716 g/mol. The van der Waals surface area contributed by atoms with E-state index in [0.29, 0.717) is 17.5 Å². The lowest BCUT2D eigenvalue weighted by Gasteiger charge is -2.13. The summed E-state index contributed by atoms with van der Waals surface area (Å²) in [6, 6.07) is 61.0. The van der Waals surface area contributed by atoms with Gasteiger partial charge in [-0.15, -0.1) is 0 Å². The van der Waals surface area contributed by atoms with Crippen LogP contribution < -0.4 is 0 Å². The van der Waals surface area contributed by atoms with Gasteiger partial charge in [0.05, 0.1) is 0 Å². The number of nitrogens with zero attached hydrogens (tertiary/aromatic N) is 3. The van der Waals surface area contributed by atoms with Gasteiger partial charge in [-0.25, -0.2) is 15.0 Å². The molecule has 3 heterocycles. The summed E-state index contributed by atoms with van der Waals surface area (Å²) in [5.41, 5.74) is 8.27. The molecule has 0 radical (unpaired) electrons. The van der Waals surface area contributed by atoms with Crippen molar-refractivity contribution in [3.05, 3.63) is 176 Å². The maximum atomic E-state index is 6.55. The van der Waals surface area contributed by atoms with Crippen molar-refractivity contribution in [3.8, 4) is 45.3 Å². The van der Waals surface area contributed by atoms with Crippen LogP contribution >= 0.6 is 0 Å². The number of rotatable bonds is 4. The van der Waals surface area contributed by atoms with Crippen molar-refractivity contribution < 1.29 is 8.83 Å². The summed E-state index contributed by atoms with van der Waals surface area (Å²) >= 11 is 0. The molecule has 3 aromatic heterocycles. The Balaban J connectivity index is 1.13. The molecule has 0 saturated carbocycles. The minimum atomic E-state index is 0.578. The van der Waals surface area contributed by atoms with Crippen LogP contribution in [0.3, 0.4) is 0 Å². The smallest absolute Gasteiger partial charge is 0.164 e. The second-order valence-electron chi connectivity index (χ2n) is 14.3. The van der Waals surface area contributed by atoms with Crippen LogP contribution in [0.2, 0.25) is 0 Å². The Bertz CT molecular complexity index is 3550. The van der Waals surface area contributed by atoms with E-state index < -0.39 is 0 Å². The van der Waals surface area contributed by atoms with E-state index >= 15 is 0 Å². The molecule has 0 aliphatic rings. The van der Waals surface area contributed by atoms with Crippen LogP contribution in [-0.2, 0) is 0 Å². The summed E-state index contributed by atoms with van der Waals surface area (Å²) in [4.78, 5) is 15.9. The first-order valence-electron chi connectivity index (χ1n) is 18.8. The van der Waals surface area contributed by atoms with Gasteiger partial charge in [0.15, 0.2) is 17.5 Å². The summed E-state index contributed by atoms with van der Waals surface area (Å²) < 4.78 is 12.8. The first-order valence-corrected chi connectivity index (χ1v) is 18.8. The number of hydrogen-bond acceptors (Lipinski definition) is 5. The summed E-state index contributed by atoms with van der Waals surface area (Å²) in [6.07, 6.45) is 0. The SMILES string of the molecule is c1ccc(-c2ccc3c(c2)oc2cccc(-c4nc(-c5ccc6ccc7oc8ccccc8c7c6c5)nc(-c5cc6ccccc6c6ccccc56)n4)c23)cc1. The quantitative estimate of drug-likeness (QED) is 0.170. The Hall–Kier alpha value is -7.63. The second-order valence-corrected chi connectivity index (χ2v) is 14.3. The lowest BCUT2D eigenvalue weighted by atomic mass is 9.96. The number of para-hydroxylation sites is 1. The molecular weight excluding hydrogens is 687 g/mol. The summed E-state index contributed by atoms with van der Waals surface area (Å²) in [6.45, 7) is 0. The fourth-order valence-electron chi connectivity index (χ4n) is 8.49. The van der Waals surface area contributed by atoms with Crippen LogP contribution in [0.4, 0.5) is 0 Å². The Morgan fingerprint density at radius 1 is 0.286 bits per heavy atom. The third-order valence-electron chi connectivity index (χ3n) is 11.1. The van der Waals surface area contributed by atoms with Crippen molar-refractivity contribution in [2.75, 3.05) is 0 Å². The van der Waals surface area contributed by atoms with Crippen molar-refractivity contribution in [1.82, 2.24) is 15.0 Å². The van der Waals surface area contributed by atoms with Gasteiger partial charge in [-0.1, -0.05) is 133 Å². The maximum absolute atomic E-state index is 6.55. The second kappa shape index (κ2) is 11.9. The largest absolute Gasteiger partial charge is 0.456 e. The fourth-order valence-corrected chi connectivity index (χ4v) is 8.49. The minimum absolute atomic E-state index is 0.578. The molecule has 0 fully saturated rings. The van der Waals surface area contributed by atoms with E-state index in [1.807, 2.05) is 30.3 Å². The van der Waals surface area contributed by atoms with Crippen LogP contribution in [-0.4, -0.2) is 15.0 Å². The zero-order chi connectivity index (χ0) is 36.7. The monoisotopic (exact) mass is 715 g/mol. The predicted molar refractivity (Wildman–Crippen MR) is 229 cm³/mol. The zero-order valence-electron chi connectivity index (χ0n) is 29.9. The highest BCUT2D eigenvalue weighted by molar-refractivity contribution is 6.19. The Morgan fingerprint density at radius 3 is 1.82 bits per heavy atom. The molecule has 9 aromatic carbocycles. The number of fused-ring (bicyclic) bond motifs is 11. The molecule has 5 heteroatoms. The predicted octanol–water partition coefficient (Wildman–Crippen LogP) is 13.8. The Morgan fingerprint density at radius 2 is 0.929 bits per heavy atom. The molecule has 0 aliphatic carbocycles. The molecule has 0 spiro atoms. The fraction of sp³-hybridized carbons (Fsp3) is 0. The highest BCUT2D eigenvalue weighted by atomic mass is 16.3. The summed E-state index contributed by atoms with van der Waals surface area (Å²) in [5.74, 6) is 1.77. The van der Waals surface area contributed by atoms with Crippen molar-refractivity contribution in [2.24, 2.45) is 0 Å². The summed E-state index contributed by atoms with van der Waals surface area (Å²) in [7, 11) is 0. The van der Waals surface area contributed by atoms with E-state index in [1.165, 1.54) is 5.39 Å². The van der Waals surface area contributed by atoms with Gasteiger partial charge in [0.25, 0.3) is 0 Å². The molecule has 0 N–H and O–H groups in total. The van der Waals surface area contributed by atoms with Gasteiger partial charge in [0.1, 0.15) is 22.3 Å². The zero-order valence-corrected chi connectivity index (χ0v) is 29.9. The molecule has 5 nitrogen and oxygen atoms in total. The van der Waals surface area contributed by atoms with E-state index in [9.17, 15) is 0 Å². The van der Waals surface area contributed by atoms with Gasteiger partial charge in [0, 0.05) is 38.2 Å². The molecule has 0 amide bonds. The van der Waals surface area contributed by atoms with Gasteiger partial charge in [0.2, 0.25) is 0 Å². The highest BCUT2D eigenvalue weighted by Gasteiger charge is 2.20. The van der Waals surface area contributed by atoms with Crippen molar-refractivity contribution >= 4 is 76.2 Å². The van der Waals surface area contributed by atoms with E-state index in [-0.39, 0.29) is 0 Å². The first kappa shape index (κ1) is 30.8. The van der Waals surface area contributed by atoms with Crippen LogP contribution in [0.5, 0.6) is 0 Å². The third kappa shape index (κ3) is 4.71. The molecule has 0 bridgehead atoms. The van der Waals surface area contributed by atoms with Gasteiger partial charge in [-0.3, -0.25) is 0 Å². The Labute approximate surface area is 320 Å². The lowest BCUT2D eigenvalue weighted by Crippen LogP contribution is -2.01. The van der Waals surface area contributed by atoms with Crippen molar-refractivity contribution in [3.63, 3.8) is 0 Å². The van der Waals surface area contributed by atoms with Gasteiger partial charge < -0.3 is 8.83 Å². The molecular formula is C51H29N3O2. The van der Waals surface area contributed by atoms with Crippen molar-refractivity contribution in [2.45, 2.75) is 0 Å². The molecule has 56 heavy (non-hydrogen) atoms. The molecule has 0 unspecified atom stereocenters. The molecule has 0 aliphatic heterocycles. The molecule has 260 valence electrons. The molecule has 12 aromatic rings. The minimum Gasteiger partial charge on any atom is -0.456 e. The van der Waals surface area contributed by atoms with Crippen LogP contribution in [0, 0.1) is 0 Å². The number of benzene rings is 9. The van der Waals surface area contributed by atoms with Gasteiger partial charge >= 0.3 is 0 Å². The topological polar surface area (TPSA) is 65.0 Å². The average Bonchev–Trinajstić information content (AvgIpc) is 3.84. The first-order chi connectivity index (χ1) is 27.7. The highest BCUT2D eigenvalue weighted by Crippen LogP contribution is 2.41. The van der Waals surface area contributed by atoms with Crippen molar-refractivity contribution in [1.29, 1.82) is 0 Å². The number of hydrogen-bond donors (Lipinski definition) is 0. The number of aromatic nitrogens is 3. The molecule has 0 saturated heterocycles. The molecule has 0 atom stereocenters. The van der Waals surface area contributed by atoms with E-state index in [0.717, 1.165) is 98.6 Å². The standard InChI is InChI=1S/C51H29N3O2/c1-2-11-30(12-3-1)32-23-25-39-46(29-32)56-44-20-10-18-40(47(39)44)50-52-49(34-22-21-31-24-26-45-48(41(31)28-34)38-17-8-9-19-43(38)55-45)53-51(54-50)42-27-33-13-4-5-14-35(33)36-15-6-7-16-37(36)42/h1-29H. The van der Waals surface area contributed by atoms with Crippen LogP contribution in [0.15, 0.2) is 185 Å². The van der Waals surface area contributed by atoms with E-state index in [4.69, 9.17) is 23.8 Å². The maximum Gasteiger partial charge on any atom is 0.164 e. The van der Waals surface area contributed by atoms with Gasteiger partial charge in [-0.2, -0.15) is 0 Å². The van der Waals surface area contributed by atoms with E-state index in [2.05, 4.69) is 146 Å². The third-order valence-corrected chi connectivity index (χ3v) is 11.1. The lowest BCUT2D eigenvalue weighted by molar-refractivity contribution is 0.669. The van der Waals surface area contributed by atoms with Crippen LogP contribution in [0.25, 0.3) is 121 Å². The number of furan rings is 2. The Kier molecular flexibility index (Phi) is 6.56. The summed E-state index contributed by atoms with van der Waals surface area (Å²) in [5, 5.41) is 10.9. The van der Waals surface area contributed by atoms with Gasteiger partial charge in [-0.05, 0) is 85.9 Å². The van der Waals surface area contributed by atoms with E-state index in [1.54, 1.807) is 0 Å².